The molecule has 0 saturated carbocycles. The van der Waals surface area contributed by atoms with E-state index in [0.717, 1.165) is 12.1 Å². The van der Waals surface area contributed by atoms with Crippen LogP contribution in [0.4, 0.5) is 18.9 Å². The molecule has 0 fully saturated rings. The Hall–Kier alpha value is -2.83. The van der Waals surface area contributed by atoms with Crippen molar-refractivity contribution in [3.05, 3.63) is 65.7 Å². The quantitative estimate of drug-likeness (QED) is 0.778. The first kappa shape index (κ1) is 20.5. The van der Waals surface area contributed by atoms with Crippen LogP contribution in [0, 0.1) is 5.92 Å². The van der Waals surface area contributed by atoms with Gasteiger partial charge in [-0.15, -0.1) is 0 Å². The van der Waals surface area contributed by atoms with Crippen LogP contribution in [0.15, 0.2) is 54.6 Å². The maximum absolute atomic E-state index is 12.6. The molecule has 0 spiro atoms. The van der Waals surface area contributed by atoms with Crippen molar-refractivity contribution >= 4 is 17.5 Å². The van der Waals surface area contributed by atoms with E-state index in [2.05, 4.69) is 10.6 Å². The molecule has 2 atom stereocenters. The second kappa shape index (κ2) is 8.70. The van der Waals surface area contributed by atoms with Gasteiger partial charge in [0.05, 0.1) is 5.56 Å². The first-order chi connectivity index (χ1) is 12.7. The van der Waals surface area contributed by atoms with Crippen molar-refractivity contribution in [3.63, 3.8) is 0 Å². The molecular weight excluding hydrogens is 357 g/mol. The fourth-order valence-electron chi connectivity index (χ4n) is 2.48. The fourth-order valence-corrected chi connectivity index (χ4v) is 2.48. The van der Waals surface area contributed by atoms with Gasteiger partial charge in [0.1, 0.15) is 6.04 Å². The van der Waals surface area contributed by atoms with E-state index < -0.39 is 23.7 Å². The van der Waals surface area contributed by atoms with Crippen LogP contribution >= 0.6 is 0 Å². The van der Waals surface area contributed by atoms with E-state index in [1.807, 2.05) is 13.8 Å². The number of carbonyl (C=O) groups excluding carboxylic acids is 2. The minimum Gasteiger partial charge on any atom is -0.340 e. The number of nitrogens with one attached hydrogen (secondary N) is 2. The van der Waals surface area contributed by atoms with Crippen molar-refractivity contribution < 1.29 is 22.8 Å². The van der Waals surface area contributed by atoms with E-state index in [0.29, 0.717) is 12.0 Å². The number of hydrogen-bond donors (Lipinski definition) is 2. The van der Waals surface area contributed by atoms with E-state index in [1.54, 1.807) is 30.3 Å². The van der Waals surface area contributed by atoms with Gasteiger partial charge in [-0.25, -0.2) is 0 Å². The Morgan fingerprint density at radius 3 is 2.11 bits per heavy atom. The number of alkyl halides is 3. The van der Waals surface area contributed by atoms with E-state index in [-0.39, 0.29) is 17.5 Å². The highest BCUT2D eigenvalue weighted by Crippen LogP contribution is 2.29. The van der Waals surface area contributed by atoms with E-state index in [1.165, 1.54) is 12.1 Å². The monoisotopic (exact) mass is 378 g/mol. The molecule has 0 aliphatic rings. The van der Waals surface area contributed by atoms with Gasteiger partial charge < -0.3 is 10.6 Å². The topological polar surface area (TPSA) is 58.2 Å². The summed E-state index contributed by atoms with van der Waals surface area (Å²) in [7, 11) is 0. The number of rotatable bonds is 6. The average Bonchev–Trinajstić information content (AvgIpc) is 2.65. The summed E-state index contributed by atoms with van der Waals surface area (Å²) in [6.45, 7) is 3.71. The zero-order valence-corrected chi connectivity index (χ0v) is 15.0. The van der Waals surface area contributed by atoms with Crippen LogP contribution in [0.25, 0.3) is 0 Å². The Morgan fingerprint density at radius 1 is 1.00 bits per heavy atom. The molecule has 7 heteroatoms. The Balaban J connectivity index is 2.11. The van der Waals surface area contributed by atoms with Gasteiger partial charge in [-0.05, 0) is 42.3 Å². The van der Waals surface area contributed by atoms with E-state index >= 15 is 0 Å². The highest BCUT2D eigenvalue weighted by molar-refractivity contribution is 6.01. The summed E-state index contributed by atoms with van der Waals surface area (Å²) in [6.07, 6.45) is -3.80. The summed E-state index contributed by atoms with van der Waals surface area (Å²) in [6, 6.07) is 11.8. The Bertz CT molecular complexity index is 774. The summed E-state index contributed by atoms with van der Waals surface area (Å²) in [5.74, 6) is -1.02. The summed E-state index contributed by atoms with van der Waals surface area (Å²) in [4.78, 5) is 25.0. The first-order valence-electron chi connectivity index (χ1n) is 8.56. The normalized spacial score (nSPS) is 13.5. The van der Waals surface area contributed by atoms with Gasteiger partial charge >= 0.3 is 6.18 Å². The van der Waals surface area contributed by atoms with Crippen LogP contribution in [-0.2, 0) is 11.0 Å². The molecule has 144 valence electrons. The van der Waals surface area contributed by atoms with Gasteiger partial charge in [0.25, 0.3) is 5.91 Å². The lowest BCUT2D eigenvalue weighted by atomic mass is 9.97. The van der Waals surface area contributed by atoms with Crippen LogP contribution < -0.4 is 10.6 Å². The number of benzene rings is 2. The Morgan fingerprint density at radius 2 is 1.59 bits per heavy atom. The molecule has 0 heterocycles. The maximum atomic E-state index is 12.6. The molecule has 2 aromatic carbocycles. The molecule has 0 bridgehead atoms. The zero-order chi connectivity index (χ0) is 20.0. The molecule has 2 N–H and O–H groups in total. The van der Waals surface area contributed by atoms with Crippen LogP contribution in [0.2, 0.25) is 0 Å². The smallest absolute Gasteiger partial charge is 0.340 e. The molecule has 0 aliphatic heterocycles. The lowest BCUT2D eigenvalue weighted by Crippen LogP contribution is -2.47. The van der Waals surface area contributed by atoms with Gasteiger partial charge in [0.15, 0.2) is 0 Å². The van der Waals surface area contributed by atoms with E-state index in [4.69, 9.17) is 0 Å². The van der Waals surface area contributed by atoms with Crippen molar-refractivity contribution in [2.75, 3.05) is 5.32 Å². The molecule has 0 saturated heterocycles. The van der Waals surface area contributed by atoms with Gasteiger partial charge in [-0.1, -0.05) is 38.5 Å². The molecule has 0 unspecified atom stereocenters. The lowest BCUT2D eigenvalue weighted by Gasteiger charge is -2.23. The highest BCUT2D eigenvalue weighted by Gasteiger charge is 2.30. The molecule has 0 radical (unpaired) electrons. The average molecular weight is 378 g/mol. The van der Waals surface area contributed by atoms with Gasteiger partial charge in [-0.3, -0.25) is 9.59 Å². The molecule has 2 amide bonds. The number of carbonyl (C=O) groups is 2. The Kier molecular flexibility index (Phi) is 6.60. The van der Waals surface area contributed by atoms with Gasteiger partial charge in [-0.2, -0.15) is 13.2 Å². The molecule has 0 aliphatic carbocycles. The van der Waals surface area contributed by atoms with Crippen molar-refractivity contribution in [2.45, 2.75) is 32.5 Å². The molecular formula is C20H21F3N2O2. The summed E-state index contributed by atoms with van der Waals surface area (Å²) in [5.41, 5.74) is -0.139. The number of halogens is 3. The highest BCUT2D eigenvalue weighted by atomic mass is 19.4. The molecule has 0 aromatic heterocycles. The summed E-state index contributed by atoms with van der Waals surface area (Å²) >= 11 is 0. The second-order valence-corrected chi connectivity index (χ2v) is 6.27. The molecule has 4 nitrogen and oxygen atoms in total. The van der Waals surface area contributed by atoms with Crippen molar-refractivity contribution in [1.29, 1.82) is 0 Å². The molecule has 27 heavy (non-hydrogen) atoms. The van der Waals surface area contributed by atoms with Crippen LogP contribution in [0.5, 0.6) is 0 Å². The third kappa shape index (κ3) is 5.57. The lowest BCUT2D eigenvalue weighted by molar-refractivity contribution is -0.137. The minimum absolute atomic E-state index is 0.160. The minimum atomic E-state index is -4.44. The zero-order valence-electron chi connectivity index (χ0n) is 15.0. The summed E-state index contributed by atoms with van der Waals surface area (Å²) < 4.78 is 37.9. The van der Waals surface area contributed by atoms with Gasteiger partial charge in [0, 0.05) is 11.3 Å². The standard InChI is InChI=1S/C20H21F3N2O2/c1-3-13(2)17(25-18(26)14-7-5-4-6-8-14)19(27)24-16-11-9-15(10-12-16)20(21,22)23/h4-13,17H,3H2,1-2H3,(H,24,27)(H,25,26)/t13-,17-/m0/s1. The second-order valence-electron chi connectivity index (χ2n) is 6.27. The summed E-state index contributed by atoms with van der Waals surface area (Å²) in [5, 5.41) is 5.28. The van der Waals surface area contributed by atoms with Crippen molar-refractivity contribution in [3.8, 4) is 0 Å². The maximum Gasteiger partial charge on any atom is 0.416 e. The first-order valence-corrected chi connectivity index (χ1v) is 8.56. The van der Waals surface area contributed by atoms with Crippen LogP contribution in [0.3, 0.4) is 0 Å². The molecule has 2 aromatic rings. The van der Waals surface area contributed by atoms with Crippen LogP contribution in [-0.4, -0.2) is 17.9 Å². The molecule has 2 rings (SSSR count). The third-order valence-electron chi connectivity index (χ3n) is 4.30. The van der Waals surface area contributed by atoms with Crippen LogP contribution in [0.1, 0.15) is 36.2 Å². The number of anilines is 1. The van der Waals surface area contributed by atoms with E-state index in [9.17, 15) is 22.8 Å². The van der Waals surface area contributed by atoms with Crippen molar-refractivity contribution in [1.82, 2.24) is 5.32 Å². The SMILES string of the molecule is CC[C@H](C)[C@H](NC(=O)c1ccccc1)C(=O)Nc1ccc(C(F)(F)F)cc1. The number of hydrogen-bond acceptors (Lipinski definition) is 2. The fraction of sp³-hybridized carbons (Fsp3) is 0.300. The third-order valence-corrected chi connectivity index (χ3v) is 4.30. The largest absolute Gasteiger partial charge is 0.416 e. The predicted molar refractivity (Wildman–Crippen MR) is 97.2 cm³/mol. The Labute approximate surface area is 155 Å². The van der Waals surface area contributed by atoms with Gasteiger partial charge in [0.2, 0.25) is 5.91 Å². The number of amides is 2. The predicted octanol–water partition coefficient (Wildman–Crippen LogP) is 4.49. The van der Waals surface area contributed by atoms with Crippen molar-refractivity contribution in [2.24, 2.45) is 5.92 Å².